The van der Waals surface area contributed by atoms with Crippen molar-refractivity contribution in [2.45, 2.75) is 33.4 Å². The van der Waals surface area contributed by atoms with Crippen molar-refractivity contribution in [2.75, 3.05) is 0 Å². The number of nitrogens with two attached hydrogens (primary N) is 1. The number of imidazole rings is 1. The summed E-state index contributed by atoms with van der Waals surface area (Å²) >= 11 is 0. The Labute approximate surface area is 92.5 Å². The zero-order chi connectivity index (χ0) is 11.9. The molecule has 0 unspecified atom stereocenters. The van der Waals surface area contributed by atoms with Crippen LogP contribution < -0.4 is 11.3 Å². The Bertz CT molecular complexity index is 581. The molecule has 0 bridgehead atoms. The highest BCUT2D eigenvalue weighted by Gasteiger charge is 2.15. The molecule has 2 aromatic heterocycles. The number of nitrogens with one attached hydrogen (secondary N) is 1. The van der Waals surface area contributed by atoms with Gasteiger partial charge in [-0.15, -0.1) is 0 Å². The first kappa shape index (κ1) is 10.8. The lowest BCUT2D eigenvalue weighted by atomic mass is 10.3. The minimum absolute atomic E-state index is 0.178. The second kappa shape index (κ2) is 3.71. The highest BCUT2D eigenvalue weighted by Crippen LogP contribution is 2.16. The second-order valence-corrected chi connectivity index (χ2v) is 4.02. The van der Waals surface area contributed by atoms with Gasteiger partial charge >= 0.3 is 0 Å². The summed E-state index contributed by atoms with van der Waals surface area (Å²) in [5, 5.41) is 0. The van der Waals surface area contributed by atoms with E-state index in [1.54, 1.807) is 6.92 Å². The van der Waals surface area contributed by atoms with Crippen LogP contribution in [0.2, 0.25) is 0 Å². The van der Waals surface area contributed by atoms with Crippen molar-refractivity contribution in [3.8, 4) is 0 Å². The number of hydrogen-bond donors (Lipinski definition) is 2. The van der Waals surface area contributed by atoms with Crippen LogP contribution in [-0.4, -0.2) is 19.5 Å². The maximum atomic E-state index is 11.7. The van der Waals surface area contributed by atoms with Gasteiger partial charge in [0.15, 0.2) is 11.2 Å². The predicted molar refractivity (Wildman–Crippen MR) is 61.2 cm³/mol. The van der Waals surface area contributed by atoms with Crippen molar-refractivity contribution in [3.63, 3.8) is 0 Å². The van der Waals surface area contributed by atoms with Gasteiger partial charge in [0, 0.05) is 6.04 Å². The standard InChI is InChI=1S/C10H15N5O/c1-5(2)15-7(4-11)14-8-9(15)12-6(3)13-10(8)16/h5H,4,11H2,1-3H3,(H,12,13,16). The molecule has 0 fully saturated rings. The highest BCUT2D eigenvalue weighted by molar-refractivity contribution is 5.70. The molecule has 3 N–H and O–H groups in total. The van der Waals surface area contributed by atoms with Gasteiger partial charge in [-0.1, -0.05) is 0 Å². The van der Waals surface area contributed by atoms with E-state index in [0.29, 0.717) is 29.4 Å². The molecular weight excluding hydrogens is 206 g/mol. The second-order valence-electron chi connectivity index (χ2n) is 4.02. The summed E-state index contributed by atoms with van der Waals surface area (Å²) in [5.74, 6) is 1.27. The van der Waals surface area contributed by atoms with Gasteiger partial charge in [0.1, 0.15) is 11.6 Å². The Hall–Kier alpha value is -1.69. The molecular formula is C10H15N5O. The topological polar surface area (TPSA) is 89.6 Å². The molecule has 0 atom stereocenters. The fraction of sp³-hybridized carbons (Fsp3) is 0.500. The van der Waals surface area contributed by atoms with Gasteiger partial charge in [0.2, 0.25) is 0 Å². The first-order valence-electron chi connectivity index (χ1n) is 5.22. The van der Waals surface area contributed by atoms with Crippen molar-refractivity contribution in [2.24, 2.45) is 5.73 Å². The van der Waals surface area contributed by atoms with E-state index in [9.17, 15) is 4.79 Å². The SMILES string of the molecule is Cc1nc2c(nc(CN)n2C(C)C)c(=O)[nH]1. The van der Waals surface area contributed by atoms with Crippen molar-refractivity contribution >= 4 is 11.2 Å². The molecule has 2 aromatic rings. The summed E-state index contributed by atoms with van der Waals surface area (Å²) in [4.78, 5) is 22.9. The van der Waals surface area contributed by atoms with Crippen LogP contribution >= 0.6 is 0 Å². The molecule has 16 heavy (non-hydrogen) atoms. The summed E-state index contributed by atoms with van der Waals surface area (Å²) in [6, 6.07) is 0.178. The van der Waals surface area contributed by atoms with E-state index in [0.717, 1.165) is 0 Å². The summed E-state index contributed by atoms with van der Waals surface area (Å²) in [6.45, 7) is 6.07. The van der Waals surface area contributed by atoms with Crippen LogP contribution in [0.15, 0.2) is 4.79 Å². The summed E-state index contributed by atoms with van der Waals surface area (Å²) in [5.41, 5.74) is 6.37. The fourth-order valence-electron chi connectivity index (χ4n) is 1.83. The van der Waals surface area contributed by atoms with E-state index < -0.39 is 0 Å². The normalized spacial score (nSPS) is 11.6. The van der Waals surface area contributed by atoms with E-state index in [2.05, 4.69) is 15.0 Å². The van der Waals surface area contributed by atoms with Crippen molar-refractivity contribution in [1.82, 2.24) is 19.5 Å². The molecule has 86 valence electrons. The van der Waals surface area contributed by atoms with E-state index in [-0.39, 0.29) is 11.6 Å². The molecule has 0 saturated heterocycles. The molecule has 0 aliphatic rings. The number of rotatable bonds is 2. The van der Waals surface area contributed by atoms with Gasteiger partial charge in [-0.05, 0) is 20.8 Å². The molecule has 0 aliphatic heterocycles. The van der Waals surface area contributed by atoms with E-state index in [4.69, 9.17) is 5.73 Å². The number of aromatic nitrogens is 4. The Morgan fingerprint density at radius 3 is 2.69 bits per heavy atom. The molecule has 0 aliphatic carbocycles. The lowest BCUT2D eigenvalue weighted by Gasteiger charge is -2.10. The van der Waals surface area contributed by atoms with E-state index in [1.165, 1.54) is 0 Å². The summed E-state index contributed by atoms with van der Waals surface area (Å²) < 4.78 is 1.90. The van der Waals surface area contributed by atoms with Crippen LogP contribution in [0.4, 0.5) is 0 Å². The fourth-order valence-corrected chi connectivity index (χ4v) is 1.83. The molecule has 2 rings (SSSR count). The number of aromatic amines is 1. The van der Waals surface area contributed by atoms with Crippen LogP contribution in [0.5, 0.6) is 0 Å². The smallest absolute Gasteiger partial charge is 0.279 e. The molecule has 0 amide bonds. The predicted octanol–water partition coefficient (Wildman–Crippen LogP) is 0.468. The maximum absolute atomic E-state index is 11.7. The lowest BCUT2D eigenvalue weighted by Crippen LogP contribution is -2.12. The number of fused-ring (bicyclic) bond motifs is 1. The third-order valence-corrected chi connectivity index (χ3v) is 2.44. The first-order chi connectivity index (χ1) is 7.54. The van der Waals surface area contributed by atoms with Crippen molar-refractivity contribution in [3.05, 3.63) is 22.0 Å². The molecule has 2 heterocycles. The van der Waals surface area contributed by atoms with Gasteiger partial charge in [-0.3, -0.25) is 4.79 Å². The number of nitrogens with zero attached hydrogens (tertiary/aromatic N) is 3. The van der Waals surface area contributed by atoms with Crippen LogP contribution in [0.1, 0.15) is 31.5 Å². The van der Waals surface area contributed by atoms with Crippen LogP contribution in [0, 0.1) is 6.92 Å². The molecule has 0 spiro atoms. The van der Waals surface area contributed by atoms with Gasteiger partial charge < -0.3 is 15.3 Å². The number of aryl methyl sites for hydroxylation is 1. The van der Waals surface area contributed by atoms with Gasteiger partial charge in [0.05, 0.1) is 6.54 Å². The van der Waals surface area contributed by atoms with Crippen molar-refractivity contribution < 1.29 is 0 Å². The molecule has 6 heteroatoms. The third-order valence-electron chi connectivity index (χ3n) is 2.44. The average molecular weight is 221 g/mol. The Balaban J connectivity index is 2.89. The monoisotopic (exact) mass is 221 g/mol. The Morgan fingerprint density at radius 1 is 1.44 bits per heavy atom. The largest absolute Gasteiger partial charge is 0.324 e. The van der Waals surface area contributed by atoms with E-state index in [1.807, 2.05) is 18.4 Å². The maximum Gasteiger partial charge on any atom is 0.279 e. The third kappa shape index (κ3) is 1.51. The first-order valence-corrected chi connectivity index (χ1v) is 5.22. The minimum Gasteiger partial charge on any atom is -0.324 e. The van der Waals surface area contributed by atoms with Gasteiger partial charge in [0.25, 0.3) is 5.56 Å². The summed E-state index contributed by atoms with van der Waals surface area (Å²) in [7, 11) is 0. The number of hydrogen-bond acceptors (Lipinski definition) is 4. The van der Waals surface area contributed by atoms with Crippen LogP contribution in [0.3, 0.4) is 0 Å². The van der Waals surface area contributed by atoms with E-state index >= 15 is 0 Å². The molecule has 6 nitrogen and oxygen atoms in total. The van der Waals surface area contributed by atoms with Crippen molar-refractivity contribution in [1.29, 1.82) is 0 Å². The zero-order valence-electron chi connectivity index (χ0n) is 9.61. The van der Waals surface area contributed by atoms with Gasteiger partial charge in [-0.25, -0.2) is 9.97 Å². The highest BCUT2D eigenvalue weighted by atomic mass is 16.1. The number of H-pyrrole nitrogens is 1. The lowest BCUT2D eigenvalue weighted by molar-refractivity contribution is 0.580. The Morgan fingerprint density at radius 2 is 2.12 bits per heavy atom. The minimum atomic E-state index is -0.211. The zero-order valence-corrected chi connectivity index (χ0v) is 9.61. The quantitative estimate of drug-likeness (QED) is 0.771. The Kier molecular flexibility index (Phi) is 2.51. The van der Waals surface area contributed by atoms with Crippen LogP contribution in [-0.2, 0) is 6.54 Å². The molecule has 0 saturated carbocycles. The average Bonchev–Trinajstić information content (AvgIpc) is 2.56. The molecule has 0 aromatic carbocycles. The summed E-state index contributed by atoms with van der Waals surface area (Å²) in [6.07, 6.45) is 0. The van der Waals surface area contributed by atoms with Gasteiger partial charge in [-0.2, -0.15) is 0 Å². The van der Waals surface area contributed by atoms with Crippen LogP contribution in [0.25, 0.3) is 11.2 Å². The molecule has 0 radical (unpaired) electrons.